The monoisotopic (exact) mass is 222 g/mol. The highest BCUT2D eigenvalue weighted by atomic mass is 16.4. The Kier molecular flexibility index (Phi) is 3.27. The molecule has 0 fully saturated rings. The van der Waals surface area contributed by atoms with Crippen LogP contribution in [0, 0.1) is 13.8 Å². The van der Waals surface area contributed by atoms with Crippen LogP contribution in [-0.2, 0) is 10.2 Å². The SMILES string of the molecule is Cc1cc(C)c(C(C)(C)CC(=O)O)c(O)c1. The Hall–Kier alpha value is -1.51. The first-order valence-electron chi connectivity index (χ1n) is 5.26. The number of hydrogen-bond donors (Lipinski definition) is 2. The molecule has 0 unspecified atom stereocenters. The summed E-state index contributed by atoms with van der Waals surface area (Å²) in [4.78, 5) is 10.8. The number of carboxylic acids is 1. The number of phenolic OH excluding ortho intramolecular Hbond substituents is 1. The molecule has 0 aliphatic heterocycles. The van der Waals surface area contributed by atoms with Crippen molar-refractivity contribution in [1.82, 2.24) is 0 Å². The molecule has 0 saturated heterocycles. The smallest absolute Gasteiger partial charge is 0.304 e. The van der Waals surface area contributed by atoms with Crippen LogP contribution >= 0.6 is 0 Å². The van der Waals surface area contributed by atoms with Crippen molar-refractivity contribution in [3.8, 4) is 5.75 Å². The average Bonchev–Trinajstić information content (AvgIpc) is 1.96. The third-order valence-electron chi connectivity index (χ3n) is 2.73. The largest absolute Gasteiger partial charge is 0.508 e. The Morgan fingerprint density at radius 2 is 1.88 bits per heavy atom. The number of carboxylic acid groups (broad SMARTS) is 1. The van der Waals surface area contributed by atoms with Gasteiger partial charge in [-0.1, -0.05) is 19.9 Å². The topological polar surface area (TPSA) is 57.5 Å². The van der Waals surface area contributed by atoms with Gasteiger partial charge in [0.2, 0.25) is 0 Å². The minimum Gasteiger partial charge on any atom is -0.508 e. The molecular weight excluding hydrogens is 204 g/mol. The number of aryl methyl sites for hydroxylation is 2. The van der Waals surface area contributed by atoms with Crippen LogP contribution in [0.15, 0.2) is 12.1 Å². The van der Waals surface area contributed by atoms with Gasteiger partial charge in [0.15, 0.2) is 0 Å². The quantitative estimate of drug-likeness (QED) is 0.826. The van der Waals surface area contributed by atoms with Gasteiger partial charge < -0.3 is 10.2 Å². The van der Waals surface area contributed by atoms with E-state index in [1.54, 1.807) is 6.07 Å². The minimum absolute atomic E-state index is 0.00443. The molecule has 1 aromatic carbocycles. The standard InChI is InChI=1S/C13H18O3/c1-8-5-9(2)12(10(14)6-8)13(3,4)7-11(15)16/h5-6,14H,7H2,1-4H3,(H,15,16). The molecule has 0 aliphatic carbocycles. The molecule has 1 rings (SSSR count). The van der Waals surface area contributed by atoms with Crippen LogP contribution in [0.2, 0.25) is 0 Å². The normalized spacial score (nSPS) is 11.5. The molecule has 0 spiro atoms. The lowest BCUT2D eigenvalue weighted by Crippen LogP contribution is -2.23. The minimum atomic E-state index is -0.857. The summed E-state index contributed by atoms with van der Waals surface area (Å²) in [7, 11) is 0. The molecular formula is C13H18O3. The summed E-state index contributed by atoms with van der Waals surface area (Å²) >= 11 is 0. The van der Waals surface area contributed by atoms with Gasteiger partial charge >= 0.3 is 5.97 Å². The predicted octanol–water partition coefficient (Wildman–Crippen LogP) is 2.76. The van der Waals surface area contributed by atoms with Crippen LogP contribution < -0.4 is 0 Å². The summed E-state index contributed by atoms with van der Waals surface area (Å²) in [6, 6.07) is 3.63. The first-order chi connectivity index (χ1) is 7.24. The zero-order valence-corrected chi connectivity index (χ0v) is 10.2. The number of aliphatic carboxylic acids is 1. The fourth-order valence-electron chi connectivity index (χ4n) is 2.29. The molecule has 0 radical (unpaired) electrons. The second-order valence-corrected chi connectivity index (χ2v) is 4.93. The van der Waals surface area contributed by atoms with E-state index in [-0.39, 0.29) is 12.2 Å². The van der Waals surface area contributed by atoms with Gasteiger partial charge in [-0.05, 0) is 31.0 Å². The van der Waals surface area contributed by atoms with E-state index in [1.165, 1.54) is 0 Å². The van der Waals surface area contributed by atoms with Crippen LogP contribution in [-0.4, -0.2) is 16.2 Å². The molecule has 88 valence electrons. The van der Waals surface area contributed by atoms with Crippen LogP contribution in [0.4, 0.5) is 0 Å². The molecule has 0 heterocycles. The summed E-state index contributed by atoms with van der Waals surface area (Å²) < 4.78 is 0. The first kappa shape index (κ1) is 12.6. The fraction of sp³-hybridized carbons (Fsp3) is 0.462. The van der Waals surface area contributed by atoms with Crippen LogP contribution in [0.3, 0.4) is 0 Å². The maximum Gasteiger partial charge on any atom is 0.304 e. The molecule has 3 heteroatoms. The maximum atomic E-state index is 10.8. The molecule has 3 nitrogen and oxygen atoms in total. The van der Waals surface area contributed by atoms with Gasteiger partial charge in [0.1, 0.15) is 5.75 Å². The Morgan fingerprint density at radius 3 is 2.31 bits per heavy atom. The number of aromatic hydroxyl groups is 1. The zero-order valence-electron chi connectivity index (χ0n) is 10.2. The Labute approximate surface area is 95.7 Å². The van der Waals surface area contributed by atoms with Crippen molar-refractivity contribution in [1.29, 1.82) is 0 Å². The van der Waals surface area contributed by atoms with Gasteiger partial charge in [-0.25, -0.2) is 0 Å². The van der Waals surface area contributed by atoms with Crippen molar-refractivity contribution in [3.63, 3.8) is 0 Å². The molecule has 0 aliphatic rings. The summed E-state index contributed by atoms with van der Waals surface area (Å²) in [5.74, 6) is -0.673. The van der Waals surface area contributed by atoms with E-state index < -0.39 is 11.4 Å². The maximum absolute atomic E-state index is 10.8. The predicted molar refractivity (Wildman–Crippen MR) is 62.9 cm³/mol. The number of rotatable bonds is 3. The molecule has 2 N–H and O–H groups in total. The molecule has 0 amide bonds. The molecule has 16 heavy (non-hydrogen) atoms. The Morgan fingerprint density at radius 1 is 1.31 bits per heavy atom. The molecule has 0 saturated carbocycles. The number of phenols is 1. The number of benzene rings is 1. The number of hydrogen-bond acceptors (Lipinski definition) is 2. The van der Waals surface area contributed by atoms with Gasteiger partial charge in [0.05, 0.1) is 6.42 Å². The van der Waals surface area contributed by atoms with E-state index in [1.807, 2.05) is 33.8 Å². The highest BCUT2D eigenvalue weighted by Crippen LogP contribution is 2.36. The van der Waals surface area contributed by atoms with Crippen molar-refractivity contribution in [2.75, 3.05) is 0 Å². The summed E-state index contributed by atoms with van der Waals surface area (Å²) in [6.07, 6.45) is 0.00443. The van der Waals surface area contributed by atoms with Gasteiger partial charge in [-0.15, -0.1) is 0 Å². The Balaban J connectivity index is 3.27. The van der Waals surface area contributed by atoms with Gasteiger partial charge in [-0.3, -0.25) is 4.79 Å². The van der Waals surface area contributed by atoms with Gasteiger partial charge in [0.25, 0.3) is 0 Å². The zero-order chi connectivity index (χ0) is 12.5. The second-order valence-electron chi connectivity index (χ2n) is 4.93. The Bertz CT molecular complexity index is 396. The van der Waals surface area contributed by atoms with Crippen molar-refractivity contribution in [3.05, 3.63) is 28.8 Å². The van der Waals surface area contributed by atoms with Crippen LogP contribution in [0.5, 0.6) is 5.75 Å². The van der Waals surface area contributed by atoms with Crippen LogP contribution in [0.1, 0.15) is 37.0 Å². The van der Waals surface area contributed by atoms with Crippen molar-refractivity contribution >= 4 is 5.97 Å². The van der Waals surface area contributed by atoms with Gasteiger partial charge in [0, 0.05) is 11.0 Å². The van der Waals surface area contributed by atoms with E-state index in [2.05, 4.69) is 0 Å². The van der Waals surface area contributed by atoms with Gasteiger partial charge in [-0.2, -0.15) is 0 Å². The lowest BCUT2D eigenvalue weighted by molar-refractivity contribution is -0.138. The van der Waals surface area contributed by atoms with E-state index in [9.17, 15) is 9.90 Å². The second kappa shape index (κ2) is 4.16. The summed E-state index contributed by atoms with van der Waals surface area (Å²) in [5, 5.41) is 18.8. The average molecular weight is 222 g/mol. The summed E-state index contributed by atoms with van der Waals surface area (Å²) in [6.45, 7) is 7.46. The van der Waals surface area contributed by atoms with Crippen molar-refractivity contribution in [2.24, 2.45) is 0 Å². The van der Waals surface area contributed by atoms with E-state index in [0.29, 0.717) is 0 Å². The molecule has 1 aromatic rings. The highest BCUT2D eigenvalue weighted by molar-refractivity contribution is 5.69. The van der Waals surface area contributed by atoms with E-state index in [4.69, 9.17) is 5.11 Å². The molecule has 0 atom stereocenters. The lowest BCUT2D eigenvalue weighted by Gasteiger charge is -2.26. The van der Waals surface area contributed by atoms with E-state index >= 15 is 0 Å². The number of carbonyl (C=O) groups is 1. The third kappa shape index (κ3) is 2.54. The van der Waals surface area contributed by atoms with Crippen molar-refractivity contribution in [2.45, 2.75) is 39.5 Å². The molecule has 0 bridgehead atoms. The highest BCUT2D eigenvalue weighted by Gasteiger charge is 2.28. The van der Waals surface area contributed by atoms with E-state index in [0.717, 1.165) is 16.7 Å². The lowest BCUT2D eigenvalue weighted by atomic mass is 9.78. The van der Waals surface area contributed by atoms with Crippen molar-refractivity contribution < 1.29 is 15.0 Å². The fourth-order valence-corrected chi connectivity index (χ4v) is 2.29. The molecule has 0 aromatic heterocycles. The first-order valence-corrected chi connectivity index (χ1v) is 5.26. The van der Waals surface area contributed by atoms with Crippen LogP contribution in [0.25, 0.3) is 0 Å². The summed E-state index contributed by atoms with van der Waals surface area (Å²) in [5.41, 5.74) is 2.07. The third-order valence-corrected chi connectivity index (χ3v) is 2.73.